The highest BCUT2D eigenvalue weighted by Gasteiger charge is 2.36. The van der Waals surface area contributed by atoms with E-state index >= 15 is 0 Å². The average molecular weight is 377 g/mol. The molecule has 0 N–H and O–H groups in total. The van der Waals surface area contributed by atoms with Gasteiger partial charge in [0.15, 0.2) is 11.5 Å². The molecule has 2 unspecified atom stereocenters. The van der Waals surface area contributed by atoms with Crippen LogP contribution in [0.3, 0.4) is 0 Å². The summed E-state index contributed by atoms with van der Waals surface area (Å²) in [6.45, 7) is 2.45. The summed E-state index contributed by atoms with van der Waals surface area (Å²) in [4.78, 5) is 0.177. The normalized spacial score (nSPS) is 21.3. The predicted octanol–water partition coefficient (Wildman–Crippen LogP) is 2.85. The number of hydrogen-bond donors (Lipinski definition) is 0. The maximum atomic E-state index is 13.2. The molecule has 0 radical (unpaired) electrons. The topological polar surface area (TPSA) is 65.1 Å². The van der Waals surface area contributed by atoms with Crippen molar-refractivity contribution in [2.75, 3.05) is 27.4 Å². The molecule has 0 amide bonds. The Bertz CT molecular complexity index is 853. The zero-order valence-electron chi connectivity index (χ0n) is 15.1. The third-order valence-electron chi connectivity index (χ3n) is 4.51. The maximum Gasteiger partial charge on any atom is 0.243 e. The lowest BCUT2D eigenvalue weighted by Gasteiger charge is -2.37. The second-order valence-corrected chi connectivity index (χ2v) is 8.06. The van der Waals surface area contributed by atoms with Crippen LogP contribution in [0.15, 0.2) is 53.4 Å². The molecule has 140 valence electrons. The van der Waals surface area contributed by atoms with Crippen molar-refractivity contribution in [2.45, 2.75) is 24.0 Å². The minimum absolute atomic E-state index is 0.177. The fourth-order valence-electron chi connectivity index (χ4n) is 3.05. The molecule has 6 nitrogen and oxygen atoms in total. The third kappa shape index (κ3) is 3.56. The molecule has 0 aromatic heterocycles. The summed E-state index contributed by atoms with van der Waals surface area (Å²) < 4.78 is 44.2. The minimum atomic E-state index is -3.69. The lowest BCUT2D eigenvalue weighted by molar-refractivity contribution is -0.0288. The van der Waals surface area contributed by atoms with Crippen molar-refractivity contribution < 1.29 is 22.6 Å². The van der Waals surface area contributed by atoms with Crippen LogP contribution in [0.4, 0.5) is 0 Å². The molecule has 1 aliphatic heterocycles. The third-order valence-corrected chi connectivity index (χ3v) is 6.49. The average Bonchev–Trinajstić information content (AvgIpc) is 2.68. The van der Waals surface area contributed by atoms with E-state index in [1.165, 1.54) is 30.7 Å². The Morgan fingerprint density at radius 2 is 1.73 bits per heavy atom. The highest BCUT2D eigenvalue weighted by Crippen LogP contribution is 2.33. The molecule has 1 saturated heterocycles. The van der Waals surface area contributed by atoms with Crippen LogP contribution in [0.1, 0.15) is 18.6 Å². The summed E-state index contributed by atoms with van der Waals surface area (Å²) in [5, 5.41) is 0. The van der Waals surface area contributed by atoms with E-state index < -0.39 is 10.0 Å². The Morgan fingerprint density at radius 3 is 2.38 bits per heavy atom. The second kappa shape index (κ2) is 7.65. The van der Waals surface area contributed by atoms with Gasteiger partial charge in [-0.2, -0.15) is 4.31 Å². The quantitative estimate of drug-likeness (QED) is 0.802. The second-order valence-electron chi connectivity index (χ2n) is 6.17. The van der Waals surface area contributed by atoms with E-state index in [9.17, 15) is 8.42 Å². The molecule has 0 saturated carbocycles. The molecule has 0 bridgehead atoms. The molecule has 2 aromatic rings. The lowest BCUT2D eigenvalue weighted by atomic mass is 10.1. The smallest absolute Gasteiger partial charge is 0.243 e. The molecule has 1 heterocycles. The first-order valence-electron chi connectivity index (χ1n) is 8.37. The van der Waals surface area contributed by atoms with Crippen LogP contribution in [0, 0.1) is 0 Å². The summed E-state index contributed by atoms with van der Waals surface area (Å²) >= 11 is 0. The largest absolute Gasteiger partial charge is 0.493 e. The number of morpholine rings is 1. The molecule has 1 fully saturated rings. The number of benzene rings is 2. The van der Waals surface area contributed by atoms with Gasteiger partial charge in [-0.15, -0.1) is 0 Å². The van der Waals surface area contributed by atoms with Crippen LogP contribution < -0.4 is 9.47 Å². The van der Waals surface area contributed by atoms with Crippen LogP contribution in [-0.2, 0) is 14.8 Å². The molecular weight excluding hydrogens is 354 g/mol. The van der Waals surface area contributed by atoms with Gasteiger partial charge in [-0.05, 0) is 24.6 Å². The summed E-state index contributed by atoms with van der Waals surface area (Å²) in [6, 6.07) is 14.0. The molecule has 3 rings (SSSR count). The van der Waals surface area contributed by atoms with Crippen molar-refractivity contribution in [3.8, 4) is 11.5 Å². The minimum Gasteiger partial charge on any atom is -0.493 e. The van der Waals surface area contributed by atoms with E-state index in [0.717, 1.165) is 5.56 Å². The van der Waals surface area contributed by atoms with Crippen molar-refractivity contribution in [1.82, 2.24) is 4.31 Å². The number of rotatable bonds is 5. The molecule has 0 spiro atoms. The summed E-state index contributed by atoms with van der Waals surface area (Å²) in [5.74, 6) is 0.873. The van der Waals surface area contributed by atoms with Gasteiger partial charge in [0.1, 0.15) is 0 Å². The highest BCUT2D eigenvalue weighted by atomic mass is 32.2. The van der Waals surface area contributed by atoms with E-state index in [0.29, 0.717) is 18.1 Å². The van der Waals surface area contributed by atoms with E-state index in [2.05, 4.69) is 0 Å². The van der Waals surface area contributed by atoms with Gasteiger partial charge in [0.25, 0.3) is 0 Å². The Labute approximate surface area is 154 Å². The Morgan fingerprint density at radius 1 is 1.04 bits per heavy atom. The molecule has 1 aliphatic rings. The van der Waals surface area contributed by atoms with Crippen LogP contribution in [-0.4, -0.2) is 46.1 Å². The first-order valence-corrected chi connectivity index (χ1v) is 9.81. The highest BCUT2D eigenvalue weighted by molar-refractivity contribution is 7.89. The maximum absolute atomic E-state index is 13.2. The summed E-state index contributed by atoms with van der Waals surface area (Å²) in [7, 11) is -0.694. The van der Waals surface area contributed by atoms with Gasteiger partial charge in [-0.3, -0.25) is 0 Å². The fourth-order valence-corrected chi connectivity index (χ4v) is 4.68. The van der Waals surface area contributed by atoms with E-state index in [1.54, 1.807) is 6.07 Å². The van der Waals surface area contributed by atoms with Crippen molar-refractivity contribution in [3.05, 3.63) is 54.1 Å². The van der Waals surface area contributed by atoms with Gasteiger partial charge >= 0.3 is 0 Å². The molecule has 26 heavy (non-hydrogen) atoms. The van der Waals surface area contributed by atoms with Gasteiger partial charge < -0.3 is 14.2 Å². The zero-order chi connectivity index (χ0) is 18.7. The molecule has 7 heteroatoms. The van der Waals surface area contributed by atoms with Gasteiger partial charge in [0, 0.05) is 18.7 Å². The standard InChI is InChI=1S/C19H23NO5S/c1-14-13-25-19(15-7-5-4-6-8-15)12-20(14)26(21,22)16-9-10-17(23-2)18(11-16)24-3/h4-11,14,19H,12-13H2,1-3H3. The van der Waals surface area contributed by atoms with E-state index in [1.807, 2.05) is 37.3 Å². The Hall–Kier alpha value is -2.09. The molecule has 2 atom stereocenters. The van der Waals surface area contributed by atoms with Crippen molar-refractivity contribution >= 4 is 10.0 Å². The van der Waals surface area contributed by atoms with E-state index in [-0.39, 0.29) is 23.6 Å². The van der Waals surface area contributed by atoms with Crippen LogP contribution in [0.5, 0.6) is 11.5 Å². The van der Waals surface area contributed by atoms with Gasteiger partial charge in [-0.25, -0.2) is 8.42 Å². The first-order chi connectivity index (χ1) is 12.5. The van der Waals surface area contributed by atoms with Crippen molar-refractivity contribution in [1.29, 1.82) is 0 Å². The number of hydrogen-bond acceptors (Lipinski definition) is 5. The number of nitrogens with zero attached hydrogens (tertiary/aromatic N) is 1. The number of ether oxygens (including phenoxy) is 3. The first kappa shape index (κ1) is 18.7. The molecule has 2 aromatic carbocycles. The van der Waals surface area contributed by atoms with E-state index in [4.69, 9.17) is 14.2 Å². The summed E-state index contributed by atoms with van der Waals surface area (Å²) in [6.07, 6.45) is -0.290. The molecule has 0 aliphatic carbocycles. The zero-order valence-corrected chi connectivity index (χ0v) is 15.9. The van der Waals surface area contributed by atoms with Crippen molar-refractivity contribution in [3.63, 3.8) is 0 Å². The Balaban J connectivity index is 1.92. The monoisotopic (exact) mass is 377 g/mol. The Kier molecular flexibility index (Phi) is 5.50. The van der Waals surface area contributed by atoms with Crippen LogP contribution in [0.25, 0.3) is 0 Å². The van der Waals surface area contributed by atoms with Gasteiger partial charge in [-0.1, -0.05) is 30.3 Å². The fraction of sp³-hybridized carbons (Fsp3) is 0.368. The van der Waals surface area contributed by atoms with Crippen LogP contribution >= 0.6 is 0 Å². The van der Waals surface area contributed by atoms with Gasteiger partial charge in [0.05, 0.1) is 31.8 Å². The molecular formula is C19H23NO5S. The number of methoxy groups -OCH3 is 2. The predicted molar refractivity (Wildman–Crippen MR) is 98.0 cm³/mol. The van der Waals surface area contributed by atoms with Crippen LogP contribution in [0.2, 0.25) is 0 Å². The van der Waals surface area contributed by atoms with Crippen molar-refractivity contribution in [2.24, 2.45) is 0 Å². The van der Waals surface area contributed by atoms with Gasteiger partial charge in [0.2, 0.25) is 10.0 Å². The SMILES string of the molecule is COc1ccc(S(=O)(=O)N2CC(c3ccccc3)OCC2C)cc1OC. The number of sulfonamides is 1. The lowest BCUT2D eigenvalue weighted by Crippen LogP contribution is -2.48. The summed E-state index contributed by atoms with van der Waals surface area (Å²) in [5.41, 5.74) is 0.965.